The van der Waals surface area contributed by atoms with Crippen LogP contribution in [0.25, 0.3) is 0 Å². The fraction of sp³-hybridized carbons (Fsp3) is 0.545. The molecule has 1 atom stereocenters. The van der Waals surface area contributed by atoms with Gasteiger partial charge in [0.1, 0.15) is 5.75 Å². The summed E-state index contributed by atoms with van der Waals surface area (Å²) < 4.78 is 12.5. The van der Waals surface area contributed by atoms with E-state index in [0.29, 0.717) is 60.6 Å². The average molecular weight is 764 g/mol. The zero-order valence-electron chi connectivity index (χ0n) is 25.8. The van der Waals surface area contributed by atoms with E-state index in [1.807, 2.05) is 34.1 Å². The first-order valence-corrected chi connectivity index (χ1v) is 17.7. The second-order valence-corrected chi connectivity index (χ2v) is 14.1. The van der Waals surface area contributed by atoms with Gasteiger partial charge >= 0.3 is 12.1 Å². The van der Waals surface area contributed by atoms with E-state index in [1.54, 1.807) is 17.0 Å². The van der Waals surface area contributed by atoms with E-state index >= 15 is 0 Å². The number of hydrogen-bond acceptors (Lipinski definition) is 7. The van der Waals surface area contributed by atoms with Gasteiger partial charge in [0, 0.05) is 70.0 Å². The Morgan fingerprint density at radius 2 is 1.54 bits per heavy atom. The lowest BCUT2D eigenvalue weighted by Crippen LogP contribution is -2.53. The fourth-order valence-electron chi connectivity index (χ4n) is 7.02. The minimum atomic E-state index is -1.01. The lowest BCUT2D eigenvalue weighted by atomic mass is 10.0. The third kappa shape index (κ3) is 7.64. The van der Waals surface area contributed by atoms with Gasteiger partial charge in [0.15, 0.2) is 6.10 Å². The molecule has 0 unspecified atom stereocenters. The molecule has 3 fully saturated rings. The standard InChI is InChI=1S/C33H41Br2N5O6/c34-26-19-22(20-27(35)30(26)41)21-29(31(42)38-10-6-24(7-11-38)37-15-17-45-18-16-37)46-33(44)39-12-8-25(9-13-39)40-14-5-23-3-1-2-4-28(23)36-32(40)43/h1-4,19-20,24-25,29,41H,5-18,21H2,(H,36,43)/t29-/m1/s1. The first kappa shape index (κ1) is 33.0. The molecule has 6 rings (SSSR count). The smallest absolute Gasteiger partial charge is 0.410 e. The molecule has 0 radical (unpaired) electrons. The van der Waals surface area contributed by atoms with Crippen molar-refractivity contribution in [3.05, 3.63) is 56.5 Å². The minimum Gasteiger partial charge on any atom is -0.506 e. The van der Waals surface area contributed by atoms with Crippen LogP contribution in [0.15, 0.2) is 45.3 Å². The highest BCUT2D eigenvalue weighted by Crippen LogP contribution is 2.34. The molecule has 0 saturated carbocycles. The lowest BCUT2D eigenvalue weighted by molar-refractivity contribution is -0.142. The Balaban J connectivity index is 1.09. The van der Waals surface area contributed by atoms with E-state index in [2.05, 4.69) is 42.1 Å². The van der Waals surface area contributed by atoms with Crippen molar-refractivity contribution < 1.29 is 29.0 Å². The molecule has 4 aliphatic heterocycles. The molecule has 4 heterocycles. The van der Waals surface area contributed by atoms with Crippen molar-refractivity contribution in [3.63, 3.8) is 0 Å². The molecule has 0 aromatic heterocycles. The van der Waals surface area contributed by atoms with Crippen molar-refractivity contribution in [1.29, 1.82) is 0 Å². The van der Waals surface area contributed by atoms with Crippen molar-refractivity contribution in [2.75, 3.05) is 64.3 Å². The zero-order valence-corrected chi connectivity index (χ0v) is 29.0. The second-order valence-electron chi connectivity index (χ2n) is 12.4. The number of anilines is 1. The number of likely N-dealkylation sites (tertiary alicyclic amines) is 2. The monoisotopic (exact) mass is 761 g/mol. The number of nitrogens with one attached hydrogen (secondary N) is 1. The molecule has 0 aliphatic carbocycles. The van der Waals surface area contributed by atoms with Crippen LogP contribution in [0.5, 0.6) is 5.75 Å². The van der Waals surface area contributed by atoms with Gasteiger partial charge in [-0.05, 0) is 93.3 Å². The van der Waals surface area contributed by atoms with Crippen LogP contribution in [0.2, 0.25) is 0 Å². The average Bonchev–Trinajstić information content (AvgIpc) is 3.25. The summed E-state index contributed by atoms with van der Waals surface area (Å²) in [4.78, 5) is 48.3. The predicted molar refractivity (Wildman–Crippen MR) is 180 cm³/mol. The summed E-state index contributed by atoms with van der Waals surface area (Å²) in [7, 11) is 0. The number of morpholine rings is 1. The molecule has 0 spiro atoms. The number of para-hydroxylation sites is 1. The third-order valence-corrected chi connectivity index (χ3v) is 10.9. The maximum Gasteiger partial charge on any atom is 0.410 e. The minimum absolute atomic E-state index is 0.00949. The second kappa shape index (κ2) is 14.9. The normalized spacial score (nSPS) is 20.9. The Hall–Kier alpha value is -2.87. The zero-order chi connectivity index (χ0) is 32.2. The van der Waals surface area contributed by atoms with Crippen LogP contribution in [0.3, 0.4) is 0 Å². The number of phenolic OH excluding ortho intramolecular Hbond substituents is 1. The molecular weight excluding hydrogens is 722 g/mol. The van der Waals surface area contributed by atoms with E-state index in [-0.39, 0.29) is 30.2 Å². The van der Waals surface area contributed by atoms with Crippen LogP contribution in [-0.4, -0.2) is 120 Å². The van der Waals surface area contributed by atoms with Crippen LogP contribution in [0, 0.1) is 0 Å². The Kier molecular flexibility index (Phi) is 10.7. The summed E-state index contributed by atoms with van der Waals surface area (Å²) >= 11 is 6.75. The first-order valence-electron chi connectivity index (χ1n) is 16.2. The maximum absolute atomic E-state index is 13.9. The van der Waals surface area contributed by atoms with Gasteiger partial charge in [-0.25, -0.2) is 9.59 Å². The number of aromatic hydroxyl groups is 1. The molecule has 13 heteroatoms. The van der Waals surface area contributed by atoms with Crippen molar-refractivity contribution in [2.45, 2.75) is 56.7 Å². The predicted octanol–water partition coefficient (Wildman–Crippen LogP) is 4.84. The highest BCUT2D eigenvalue weighted by Gasteiger charge is 2.36. The van der Waals surface area contributed by atoms with Crippen molar-refractivity contribution in [3.8, 4) is 5.75 Å². The molecule has 2 N–H and O–H groups in total. The van der Waals surface area contributed by atoms with Crippen molar-refractivity contribution in [1.82, 2.24) is 19.6 Å². The number of benzene rings is 2. The molecule has 4 aliphatic rings. The van der Waals surface area contributed by atoms with E-state index in [9.17, 15) is 19.5 Å². The van der Waals surface area contributed by atoms with Gasteiger partial charge in [0.05, 0.1) is 22.2 Å². The van der Waals surface area contributed by atoms with Gasteiger partial charge in [-0.2, -0.15) is 0 Å². The number of phenols is 1. The Morgan fingerprint density at radius 1 is 0.913 bits per heavy atom. The third-order valence-electron chi connectivity index (χ3n) is 9.66. The molecule has 248 valence electrons. The van der Waals surface area contributed by atoms with E-state index in [4.69, 9.17) is 9.47 Å². The molecule has 11 nitrogen and oxygen atoms in total. The molecule has 2 aromatic carbocycles. The lowest BCUT2D eigenvalue weighted by Gasteiger charge is -2.41. The van der Waals surface area contributed by atoms with Gasteiger partial charge in [-0.15, -0.1) is 0 Å². The molecule has 4 amide bonds. The number of urea groups is 1. The molecule has 3 saturated heterocycles. The highest BCUT2D eigenvalue weighted by molar-refractivity contribution is 9.11. The molecule has 46 heavy (non-hydrogen) atoms. The molecule has 2 aromatic rings. The number of piperidine rings is 2. The van der Waals surface area contributed by atoms with Crippen LogP contribution < -0.4 is 5.32 Å². The largest absolute Gasteiger partial charge is 0.506 e. The number of nitrogens with zero attached hydrogens (tertiary/aromatic N) is 4. The SMILES string of the molecule is O=C(O[C@H](Cc1cc(Br)c(O)c(Br)c1)C(=O)N1CCC(N2CCOCC2)CC1)N1CCC(N2CCc3ccccc3NC2=O)CC1. The maximum atomic E-state index is 13.9. The number of fused-ring (bicyclic) bond motifs is 1. The van der Waals surface area contributed by atoms with Crippen molar-refractivity contribution >= 4 is 55.6 Å². The van der Waals surface area contributed by atoms with Crippen molar-refractivity contribution in [2.24, 2.45) is 0 Å². The first-order chi connectivity index (χ1) is 22.3. The Morgan fingerprint density at radius 3 is 2.24 bits per heavy atom. The van der Waals surface area contributed by atoms with Gasteiger partial charge < -0.3 is 34.6 Å². The number of halogens is 2. The number of carbonyl (C=O) groups is 3. The van der Waals surface area contributed by atoms with E-state index in [1.165, 1.54) is 0 Å². The summed E-state index contributed by atoms with van der Waals surface area (Å²) in [5.74, 6) is -0.136. The number of hydrogen-bond donors (Lipinski definition) is 2. The van der Waals surface area contributed by atoms with Gasteiger partial charge in [0.2, 0.25) is 0 Å². The van der Waals surface area contributed by atoms with Gasteiger partial charge in [-0.3, -0.25) is 9.69 Å². The summed E-state index contributed by atoms with van der Waals surface area (Å²) in [6.45, 7) is 6.00. The van der Waals surface area contributed by atoms with Crippen LogP contribution in [-0.2, 0) is 27.1 Å². The summed E-state index contributed by atoms with van der Waals surface area (Å²) in [6.07, 6.45) is 2.41. The Labute approximate surface area is 286 Å². The van der Waals surface area contributed by atoms with Crippen LogP contribution >= 0.6 is 31.9 Å². The van der Waals surface area contributed by atoms with Crippen LogP contribution in [0.4, 0.5) is 15.3 Å². The number of carbonyl (C=O) groups excluding carboxylic acids is 3. The van der Waals surface area contributed by atoms with Crippen LogP contribution in [0.1, 0.15) is 36.8 Å². The van der Waals surface area contributed by atoms with Gasteiger partial charge in [-0.1, -0.05) is 18.2 Å². The summed E-state index contributed by atoms with van der Waals surface area (Å²) in [5, 5.41) is 13.3. The Bertz CT molecular complexity index is 1400. The quantitative estimate of drug-likeness (QED) is 0.433. The summed E-state index contributed by atoms with van der Waals surface area (Å²) in [5.41, 5.74) is 2.72. The van der Waals surface area contributed by atoms with Gasteiger partial charge in [0.25, 0.3) is 5.91 Å². The molecule has 0 bridgehead atoms. The summed E-state index contributed by atoms with van der Waals surface area (Å²) in [6, 6.07) is 11.7. The number of ether oxygens (including phenoxy) is 2. The molecular formula is C33H41Br2N5O6. The number of amides is 4. The van der Waals surface area contributed by atoms with E-state index < -0.39 is 12.2 Å². The fourth-order valence-corrected chi connectivity index (χ4v) is 8.30. The van der Waals surface area contributed by atoms with E-state index in [0.717, 1.165) is 62.4 Å². The highest BCUT2D eigenvalue weighted by atomic mass is 79.9. The topological polar surface area (TPSA) is 115 Å². The number of rotatable bonds is 6.